The number of carbonyl (C=O) groups is 1. The van der Waals surface area contributed by atoms with Crippen molar-refractivity contribution in [2.24, 2.45) is 0 Å². The van der Waals surface area contributed by atoms with Gasteiger partial charge >= 0.3 is 0 Å². The number of H-pyrrole nitrogens is 1. The number of methoxy groups -OCH3 is 2. The second-order valence-electron chi connectivity index (χ2n) is 4.48. The molecule has 0 amide bonds. The molecule has 0 fully saturated rings. The first-order valence-electron chi connectivity index (χ1n) is 6.12. The third kappa shape index (κ3) is 1.46. The van der Waals surface area contributed by atoms with Crippen LogP contribution in [0.1, 0.15) is 15.9 Å². The van der Waals surface area contributed by atoms with Gasteiger partial charge in [0, 0.05) is 0 Å². The van der Waals surface area contributed by atoms with Gasteiger partial charge in [0.2, 0.25) is 5.65 Å². The van der Waals surface area contributed by atoms with E-state index in [4.69, 9.17) is 9.47 Å². The summed E-state index contributed by atoms with van der Waals surface area (Å²) in [6.07, 6.45) is 0. The highest BCUT2D eigenvalue weighted by molar-refractivity contribution is 6.21. The topological polar surface area (TPSA) is 103 Å². The van der Waals surface area contributed by atoms with Crippen molar-refractivity contribution >= 4 is 16.9 Å². The van der Waals surface area contributed by atoms with Crippen LogP contribution in [0.3, 0.4) is 0 Å². The molecular weight excluding hydrogens is 274 g/mol. The van der Waals surface area contributed by atoms with Gasteiger partial charge in [-0.15, -0.1) is 5.10 Å². The first kappa shape index (κ1) is 11.8. The van der Waals surface area contributed by atoms with Crippen LogP contribution in [0, 0.1) is 0 Å². The van der Waals surface area contributed by atoms with Gasteiger partial charge in [-0.1, -0.05) is 0 Å². The van der Waals surface area contributed by atoms with Gasteiger partial charge < -0.3 is 9.47 Å². The number of ketones is 1. The van der Waals surface area contributed by atoms with Crippen LogP contribution in [0.25, 0.3) is 22.6 Å². The Morgan fingerprint density at radius 3 is 2.52 bits per heavy atom. The average Bonchev–Trinajstić information content (AvgIpc) is 3.07. The molecule has 1 N–H and O–H groups in total. The Kier molecular flexibility index (Phi) is 2.23. The number of aromatic nitrogens is 5. The Bertz CT molecular complexity index is 902. The zero-order valence-corrected chi connectivity index (χ0v) is 11.2. The zero-order chi connectivity index (χ0) is 14.6. The summed E-state index contributed by atoms with van der Waals surface area (Å²) in [5, 5.41) is 10.3. The van der Waals surface area contributed by atoms with E-state index in [1.165, 1.54) is 14.2 Å². The summed E-state index contributed by atoms with van der Waals surface area (Å²) in [7, 11) is 2.98. The quantitative estimate of drug-likeness (QED) is 0.584. The van der Waals surface area contributed by atoms with Gasteiger partial charge in [0.15, 0.2) is 11.5 Å². The first-order chi connectivity index (χ1) is 10.2. The lowest BCUT2D eigenvalue weighted by atomic mass is 10.1. The normalized spacial score (nSPS) is 12.4. The van der Waals surface area contributed by atoms with E-state index in [1.807, 2.05) is 0 Å². The van der Waals surface area contributed by atoms with E-state index in [-0.39, 0.29) is 5.78 Å². The largest absolute Gasteiger partial charge is 0.491 e. The van der Waals surface area contributed by atoms with Crippen molar-refractivity contribution in [3.05, 3.63) is 23.3 Å². The number of ether oxygens (including phenoxy) is 2. The fourth-order valence-electron chi connectivity index (χ4n) is 2.41. The fourth-order valence-corrected chi connectivity index (χ4v) is 2.41. The third-order valence-corrected chi connectivity index (χ3v) is 3.39. The van der Waals surface area contributed by atoms with Crippen molar-refractivity contribution in [3.8, 4) is 23.0 Å². The number of pyridine rings is 2. The number of fused-ring (bicyclic) bond motifs is 4. The second kappa shape index (κ2) is 3.98. The van der Waals surface area contributed by atoms with Crippen LogP contribution in [0.15, 0.2) is 12.1 Å². The SMILES string of the molecule is COc1cc2c(nc1OC)-c1nc3n[nH]nc3cc1C2=O. The maximum atomic E-state index is 12.5. The Hall–Kier alpha value is -3.03. The maximum Gasteiger partial charge on any atom is 0.257 e. The lowest BCUT2D eigenvalue weighted by Crippen LogP contribution is -1.99. The molecule has 3 aromatic heterocycles. The van der Waals surface area contributed by atoms with Crippen LogP contribution >= 0.6 is 0 Å². The summed E-state index contributed by atoms with van der Waals surface area (Å²) < 4.78 is 10.4. The molecule has 1 aliphatic carbocycles. The number of rotatable bonds is 2. The van der Waals surface area contributed by atoms with Gasteiger partial charge in [-0.05, 0) is 12.1 Å². The first-order valence-corrected chi connectivity index (χ1v) is 6.12. The highest BCUT2D eigenvalue weighted by Gasteiger charge is 2.32. The molecule has 0 aromatic carbocycles. The van der Waals surface area contributed by atoms with Crippen LogP contribution in [0.5, 0.6) is 11.6 Å². The predicted molar refractivity (Wildman–Crippen MR) is 71.5 cm³/mol. The monoisotopic (exact) mass is 283 g/mol. The Morgan fingerprint density at radius 1 is 1.00 bits per heavy atom. The molecular formula is C13H9N5O3. The van der Waals surface area contributed by atoms with E-state index in [0.29, 0.717) is 45.3 Å². The molecule has 3 aromatic rings. The highest BCUT2D eigenvalue weighted by Crippen LogP contribution is 2.39. The van der Waals surface area contributed by atoms with Gasteiger partial charge in [0.05, 0.1) is 25.3 Å². The summed E-state index contributed by atoms with van der Waals surface area (Å²) in [5.74, 6) is 0.547. The highest BCUT2D eigenvalue weighted by atomic mass is 16.5. The smallest absolute Gasteiger partial charge is 0.257 e. The number of aromatic amines is 1. The molecule has 3 heterocycles. The molecule has 0 radical (unpaired) electrons. The van der Waals surface area contributed by atoms with Gasteiger partial charge in [-0.25, -0.2) is 9.97 Å². The number of carbonyl (C=O) groups excluding carboxylic acids is 1. The molecule has 0 spiro atoms. The molecule has 8 nitrogen and oxygen atoms in total. The minimum atomic E-state index is -0.161. The van der Waals surface area contributed by atoms with Gasteiger partial charge in [0.1, 0.15) is 16.9 Å². The number of nitrogens with one attached hydrogen (secondary N) is 1. The molecule has 0 saturated heterocycles. The van der Waals surface area contributed by atoms with Crippen LogP contribution in [-0.2, 0) is 0 Å². The van der Waals surface area contributed by atoms with Crippen molar-refractivity contribution in [1.82, 2.24) is 25.4 Å². The van der Waals surface area contributed by atoms with E-state index >= 15 is 0 Å². The second-order valence-corrected chi connectivity index (χ2v) is 4.48. The molecule has 0 saturated carbocycles. The minimum Gasteiger partial charge on any atom is -0.491 e. The molecule has 0 atom stereocenters. The summed E-state index contributed by atoms with van der Waals surface area (Å²) in [6.45, 7) is 0. The molecule has 0 unspecified atom stereocenters. The Balaban J connectivity index is 2.04. The number of hydrogen-bond donors (Lipinski definition) is 1. The average molecular weight is 283 g/mol. The third-order valence-electron chi connectivity index (χ3n) is 3.39. The molecule has 1 aliphatic rings. The van der Waals surface area contributed by atoms with Crippen molar-refractivity contribution in [2.75, 3.05) is 14.2 Å². The summed E-state index contributed by atoms with van der Waals surface area (Å²) >= 11 is 0. The van der Waals surface area contributed by atoms with Crippen LogP contribution in [0.4, 0.5) is 0 Å². The minimum absolute atomic E-state index is 0.161. The van der Waals surface area contributed by atoms with Gasteiger partial charge in [0.25, 0.3) is 5.88 Å². The van der Waals surface area contributed by atoms with Crippen LogP contribution in [-0.4, -0.2) is 45.4 Å². The number of hydrogen-bond acceptors (Lipinski definition) is 7. The van der Waals surface area contributed by atoms with E-state index in [9.17, 15) is 4.79 Å². The van der Waals surface area contributed by atoms with Gasteiger partial charge in [-0.2, -0.15) is 10.3 Å². The lowest BCUT2D eigenvalue weighted by molar-refractivity contribution is 0.104. The summed E-state index contributed by atoms with van der Waals surface area (Å²) in [5.41, 5.74) is 2.82. The molecule has 0 bridgehead atoms. The van der Waals surface area contributed by atoms with Gasteiger partial charge in [-0.3, -0.25) is 4.79 Å². The Morgan fingerprint density at radius 2 is 1.76 bits per heavy atom. The molecule has 0 aliphatic heterocycles. The van der Waals surface area contributed by atoms with Crippen LogP contribution in [0.2, 0.25) is 0 Å². The van der Waals surface area contributed by atoms with E-state index < -0.39 is 0 Å². The van der Waals surface area contributed by atoms with E-state index in [2.05, 4.69) is 25.4 Å². The lowest BCUT2D eigenvalue weighted by Gasteiger charge is -2.08. The molecule has 8 heteroatoms. The molecule has 104 valence electrons. The summed E-state index contributed by atoms with van der Waals surface area (Å²) in [6, 6.07) is 3.27. The van der Waals surface area contributed by atoms with E-state index in [0.717, 1.165) is 0 Å². The Labute approximate surface area is 118 Å². The van der Waals surface area contributed by atoms with Crippen molar-refractivity contribution < 1.29 is 14.3 Å². The molecule has 4 rings (SSSR count). The fraction of sp³-hybridized carbons (Fsp3) is 0.154. The summed E-state index contributed by atoms with van der Waals surface area (Å²) in [4.78, 5) is 21.2. The number of nitrogens with zero attached hydrogens (tertiary/aromatic N) is 4. The van der Waals surface area contributed by atoms with Crippen molar-refractivity contribution in [3.63, 3.8) is 0 Å². The van der Waals surface area contributed by atoms with Crippen molar-refractivity contribution in [2.45, 2.75) is 0 Å². The standard InChI is InChI=1S/C13H9N5O3/c1-20-8-4-6-10(15-13(8)21-2)9-5(11(6)19)3-7-12(14-9)17-18-16-7/h3-4H,1-2H3,(H,14,16,17,18). The molecule has 21 heavy (non-hydrogen) atoms. The van der Waals surface area contributed by atoms with Crippen LogP contribution < -0.4 is 9.47 Å². The zero-order valence-electron chi connectivity index (χ0n) is 11.2. The predicted octanol–water partition coefficient (Wildman–Crippen LogP) is 0.976. The van der Waals surface area contributed by atoms with Crippen molar-refractivity contribution in [1.29, 1.82) is 0 Å². The maximum absolute atomic E-state index is 12.5. The van der Waals surface area contributed by atoms with E-state index in [1.54, 1.807) is 12.1 Å².